The molecule has 3 heterocycles. The maximum absolute atomic E-state index is 12.1. The zero-order valence-electron chi connectivity index (χ0n) is 9.19. The van der Waals surface area contributed by atoms with Crippen LogP contribution in [0.4, 0.5) is 0 Å². The predicted octanol–water partition coefficient (Wildman–Crippen LogP) is -0.412. The van der Waals surface area contributed by atoms with Gasteiger partial charge in [-0.2, -0.15) is 0 Å². The summed E-state index contributed by atoms with van der Waals surface area (Å²) in [4.78, 5) is 0. The second-order valence-electron chi connectivity index (χ2n) is 4.99. The molecule has 3 aliphatic heterocycles. The molecule has 4 atom stereocenters. The molecule has 0 amide bonds. The highest BCUT2D eigenvalue weighted by Crippen LogP contribution is 2.34. The zero-order valence-corrected chi connectivity index (χ0v) is 10.0. The predicted molar refractivity (Wildman–Crippen MR) is 59.6 cm³/mol. The summed E-state index contributed by atoms with van der Waals surface area (Å²) in [7, 11) is -3.16. The molecule has 2 N–H and O–H groups in total. The lowest BCUT2D eigenvalue weighted by atomic mass is 9.96. The van der Waals surface area contributed by atoms with Crippen molar-refractivity contribution in [1.82, 2.24) is 10.0 Å². The average molecular weight is 246 g/mol. The van der Waals surface area contributed by atoms with E-state index in [1.54, 1.807) is 0 Å². The molecular formula is C10H18N2O3S. The Kier molecular flexibility index (Phi) is 2.70. The van der Waals surface area contributed by atoms with E-state index >= 15 is 0 Å². The highest BCUT2D eigenvalue weighted by Gasteiger charge is 2.43. The maximum atomic E-state index is 12.1. The molecule has 2 bridgehead atoms. The fraction of sp³-hybridized carbons (Fsp3) is 1.00. The quantitative estimate of drug-likeness (QED) is 0.710. The Morgan fingerprint density at radius 2 is 2.12 bits per heavy atom. The monoisotopic (exact) mass is 246 g/mol. The molecular weight excluding hydrogens is 228 g/mol. The molecule has 16 heavy (non-hydrogen) atoms. The third kappa shape index (κ3) is 1.88. The minimum Gasteiger partial charge on any atom is -0.373 e. The topological polar surface area (TPSA) is 67.4 Å². The van der Waals surface area contributed by atoms with E-state index in [-0.39, 0.29) is 17.4 Å². The van der Waals surface area contributed by atoms with Crippen LogP contribution in [-0.4, -0.2) is 45.0 Å². The van der Waals surface area contributed by atoms with Crippen LogP contribution in [0.3, 0.4) is 0 Å². The molecule has 0 aromatic rings. The highest BCUT2D eigenvalue weighted by molar-refractivity contribution is 7.90. The van der Waals surface area contributed by atoms with Gasteiger partial charge in [-0.1, -0.05) is 0 Å². The first-order valence-corrected chi connectivity index (χ1v) is 7.57. The van der Waals surface area contributed by atoms with E-state index in [0.29, 0.717) is 12.6 Å². The van der Waals surface area contributed by atoms with Gasteiger partial charge in [0.05, 0.1) is 23.5 Å². The zero-order chi connectivity index (χ0) is 11.2. The summed E-state index contributed by atoms with van der Waals surface area (Å²) in [5.41, 5.74) is 0. The van der Waals surface area contributed by atoms with Crippen LogP contribution in [0.25, 0.3) is 0 Å². The summed E-state index contributed by atoms with van der Waals surface area (Å²) in [6.07, 6.45) is 4.07. The van der Waals surface area contributed by atoms with Crippen LogP contribution in [-0.2, 0) is 14.8 Å². The Morgan fingerprint density at radius 1 is 1.25 bits per heavy atom. The number of fused-ring (bicyclic) bond motifs is 2. The van der Waals surface area contributed by atoms with E-state index in [2.05, 4.69) is 10.0 Å². The third-order valence-electron chi connectivity index (χ3n) is 3.88. The molecule has 4 unspecified atom stereocenters. The minimum atomic E-state index is -3.16. The molecule has 0 radical (unpaired) electrons. The average Bonchev–Trinajstić information content (AvgIpc) is 2.94. The van der Waals surface area contributed by atoms with Gasteiger partial charge in [0.1, 0.15) is 0 Å². The van der Waals surface area contributed by atoms with Crippen molar-refractivity contribution in [2.45, 2.75) is 49.2 Å². The summed E-state index contributed by atoms with van der Waals surface area (Å²) < 4.78 is 32.6. The molecule has 3 rings (SSSR count). The summed E-state index contributed by atoms with van der Waals surface area (Å²) in [5, 5.41) is 2.83. The van der Waals surface area contributed by atoms with Gasteiger partial charge in [-0.05, 0) is 32.2 Å². The third-order valence-corrected chi connectivity index (χ3v) is 5.79. The number of hydrogen-bond acceptors (Lipinski definition) is 4. The van der Waals surface area contributed by atoms with Gasteiger partial charge in [0.15, 0.2) is 0 Å². The van der Waals surface area contributed by atoms with Gasteiger partial charge in [0.2, 0.25) is 10.0 Å². The van der Waals surface area contributed by atoms with Crippen molar-refractivity contribution < 1.29 is 13.2 Å². The molecule has 3 fully saturated rings. The Balaban J connectivity index is 1.65. The lowest BCUT2D eigenvalue weighted by Gasteiger charge is -2.22. The number of rotatable bonds is 3. The van der Waals surface area contributed by atoms with Crippen molar-refractivity contribution in [2.75, 3.05) is 13.1 Å². The Hall–Kier alpha value is -0.170. The smallest absolute Gasteiger partial charge is 0.216 e. The van der Waals surface area contributed by atoms with Gasteiger partial charge >= 0.3 is 0 Å². The molecule has 0 aromatic heterocycles. The molecule has 3 saturated heterocycles. The summed E-state index contributed by atoms with van der Waals surface area (Å²) in [6.45, 7) is 1.38. The molecule has 92 valence electrons. The first-order valence-electron chi connectivity index (χ1n) is 6.02. The molecule has 5 nitrogen and oxygen atoms in total. The molecule has 0 aromatic carbocycles. The molecule has 6 heteroatoms. The number of sulfonamides is 1. The maximum Gasteiger partial charge on any atom is 0.216 e. The van der Waals surface area contributed by atoms with Crippen molar-refractivity contribution in [1.29, 1.82) is 0 Å². The summed E-state index contributed by atoms with van der Waals surface area (Å²) in [5.74, 6) is 0. The van der Waals surface area contributed by atoms with E-state index in [4.69, 9.17) is 4.74 Å². The fourth-order valence-electron chi connectivity index (χ4n) is 2.96. The van der Waals surface area contributed by atoms with Crippen molar-refractivity contribution in [3.8, 4) is 0 Å². The molecule has 0 aliphatic carbocycles. The van der Waals surface area contributed by atoms with Gasteiger partial charge in [-0.3, -0.25) is 0 Å². The van der Waals surface area contributed by atoms with E-state index < -0.39 is 10.0 Å². The lowest BCUT2D eigenvalue weighted by molar-refractivity contribution is 0.0995. The van der Waals surface area contributed by atoms with E-state index in [1.165, 1.54) is 0 Å². The summed E-state index contributed by atoms with van der Waals surface area (Å²) in [6, 6.07) is 0.0179. The molecule has 0 spiro atoms. The lowest BCUT2D eigenvalue weighted by Crippen LogP contribution is -2.46. The summed E-state index contributed by atoms with van der Waals surface area (Å²) >= 11 is 0. The molecule has 3 aliphatic rings. The van der Waals surface area contributed by atoms with Crippen molar-refractivity contribution >= 4 is 10.0 Å². The van der Waals surface area contributed by atoms with Gasteiger partial charge < -0.3 is 10.1 Å². The van der Waals surface area contributed by atoms with Crippen LogP contribution in [0.15, 0.2) is 0 Å². The van der Waals surface area contributed by atoms with Crippen LogP contribution < -0.4 is 10.0 Å². The van der Waals surface area contributed by atoms with Crippen LogP contribution in [0.2, 0.25) is 0 Å². The molecule has 0 saturated carbocycles. The normalized spacial score (nSPS) is 43.0. The SMILES string of the molecule is O=S(=O)(NC1CC2CCC1O2)C1CCNC1. The van der Waals surface area contributed by atoms with Crippen molar-refractivity contribution in [2.24, 2.45) is 0 Å². The standard InChI is InChI=1S/C10H18N2O3S/c13-16(14,8-3-4-11-6-8)12-9-5-7-1-2-10(9)15-7/h7-12H,1-6H2. The first kappa shape index (κ1) is 11.0. The van der Waals surface area contributed by atoms with Crippen LogP contribution in [0, 0.1) is 0 Å². The fourth-order valence-corrected chi connectivity index (χ4v) is 4.59. The van der Waals surface area contributed by atoms with Crippen molar-refractivity contribution in [3.63, 3.8) is 0 Å². The Bertz CT molecular complexity index is 364. The number of hydrogen-bond donors (Lipinski definition) is 2. The van der Waals surface area contributed by atoms with Gasteiger partial charge in [0, 0.05) is 6.54 Å². The van der Waals surface area contributed by atoms with Gasteiger partial charge in [-0.25, -0.2) is 13.1 Å². The minimum absolute atomic E-state index is 0.0179. The Labute approximate surface area is 96.0 Å². The Morgan fingerprint density at radius 3 is 2.69 bits per heavy atom. The number of ether oxygens (including phenoxy) is 1. The van der Waals surface area contributed by atoms with Crippen LogP contribution >= 0.6 is 0 Å². The first-order chi connectivity index (χ1) is 7.65. The second kappa shape index (κ2) is 3.94. The van der Waals surface area contributed by atoms with Gasteiger partial charge in [-0.15, -0.1) is 0 Å². The van der Waals surface area contributed by atoms with Gasteiger partial charge in [0.25, 0.3) is 0 Å². The van der Waals surface area contributed by atoms with Crippen LogP contribution in [0.5, 0.6) is 0 Å². The second-order valence-corrected chi connectivity index (χ2v) is 6.99. The van der Waals surface area contributed by atoms with E-state index in [9.17, 15) is 8.42 Å². The largest absolute Gasteiger partial charge is 0.373 e. The van der Waals surface area contributed by atoms with Crippen LogP contribution in [0.1, 0.15) is 25.7 Å². The van der Waals surface area contributed by atoms with Crippen molar-refractivity contribution in [3.05, 3.63) is 0 Å². The number of nitrogens with one attached hydrogen (secondary N) is 2. The van der Waals surface area contributed by atoms with E-state index in [0.717, 1.165) is 32.2 Å². The van der Waals surface area contributed by atoms with E-state index in [1.807, 2.05) is 0 Å². The highest BCUT2D eigenvalue weighted by atomic mass is 32.2.